The first kappa shape index (κ1) is 24.9. The second kappa shape index (κ2) is 10.8. The lowest BCUT2D eigenvalue weighted by molar-refractivity contribution is -0.145. The lowest BCUT2D eigenvalue weighted by Crippen LogP contribution is -2.44. The Labute approximate surface area is 179 Å². The molecule has 2 heterocycles. The third-order valence-corrected chi connectivity index (χ3v) is 6.08. The van der Waals surface area contributed by atoms with Gasteiger partial charge in [0.25, 0.3) is 13.7 Å². The molecule has 1 saturated heterocycles. The molecule has 1 aromatic heterocycles. The largest absolute Gasteiger partial charge is 0.465 e. The molecule has 0 aliphatic carbocycles. The van der Waals surface area contributed by atoms with Crippen LogP contribution in [-0.4, -0.2) is 62.8 Å². The van der Waals surface area contributed by atoms with Gasteiger partial charge in [0.15, 0.2) is 11.0 Å². The Morgan fingerprint density at radius 3 is 2.90 bits per heavy atom. The molecular weight excluding hydrogens is 437 g/mol. The Balaban J connectivity index is 1.94. The number of rotatable bonds is 10. The van der Waals surface area contributed by atoms with Gasteiger partial charge in [0.2, 0.25) is 0 Å². The first-order chi connectivity index (χ1) is 14.1. The molecule has 6 atom stereocenters. The number of aliphatic hydroxyl groups is 2. The molecule has 0 bridgehead atoms. The quantitative estimate of drug-likeness (QED) is 0.168. The van der Waals surface area contributed by atoms with Crippen LogP contribution in [0.3, 0.4) is 0 Å². The van der Waals surface area contributed by atoms with Crippen molar-refractivity contribution in [1.29, 1.82) is 0 Å². The molecule has 0 amide bonds. The molecule has 1 aliphatic heterocycles. The zero-order valence-corrected chi connectivity index (χ0v) is 18.8. The maximum atomic E-state index is 12.1. The number of esters is 1. The van der Waals surface area contributed by atoms with E-state index in [4.69, 9.17) is 26.2 Å². The van der Waals surface area contributed by atoms with Gasteiger partial charge in [0.05, 0.1) is 13.2 Å². The molecule has 1 aromatic rings. The highest BCUT2D eigenvalue weighted by Gasteiger charge is 2.53. The number of unbranched alkanes of at least 4 members (excludes halogenated alkanes) is 1. The molecule has 1 aliphatic rings. The number of aromatic nitrogens is 2. The van der Waals surface area contributed by atoms with Crippen LogP contribution in [-0.2, 0) is 23.4 Å². The minimum atomic E-state index is -2.85. The summed E-state index contributed by atoms with van der Waals surface area (Å²) in [5.74, 6) is -0.544. The van der Waals surface area contributed by atoms with E-state index in [0.717, 1.165) is 12.8 Å². The van der Waals surface area contributed by atoms with Crippen LogP contribution < -0.4 is 10.6 Å². The average molecular weight is 465 g/mol. The smallest absolute Gasteiger partial charge is 0.323 e. The van der Waals surface area contributed by atoms with Crippen molar-refractivity contribution in [2.45, 2.75) is 63.7 Å². The fourth-order valence-electron chi connectivity index (χ4n) is 2.87. The first-order valence-electron chi connectivity index (χ1n) is 9.55. The number of ether oxygens (including phenoxy) is 2. The summed E-state index contributed by atoms with van der Waals surface area (Å²) in [4.78, 5) is 25.6. The fourth-order valence-corrected chi connectivity index (χ4v) is 3.99. The topological polar surface area (TPSA) is 152 Å². The van der Waals surface area contributed by atoms with Crippen LogP contribution in [0.4, 0.5) is 0 Å². The summed E-state index contributed by atoms with van der Waals surface area (Å²) in [6.07, 6.45) is -0.557. The Morgan fingerprint density at radius 1 is 1.57 bits per heavy atom. The Bertz CT molecular complexity index is 873. The standard InChI is InChI=1S/C17H28N3O8PS/c1-4-5-8-26-14(23)10(2)19-29(25)27-9-11-13(22)17(3,24)15(28-11)20-7-6-12(21)18-16(20)30/h6-7,10-11,13,15,22,24,29H,4-5,8-9H2,1-3H3,(H,19,25)(H,18,21,30)/t10-,11+,13?,15+,17+/m0/s1. The van der Waals surface area contributed by atoms with E-state index in [1.807, 2.05) is 6.92 Å². The van der Waals surface area contributed by atoms with Crippen molar-refractivity contribution < 1.29 is 33.6 Å². The van der Waals surface area contributed by atoms with E-state index in [1.165, 1.54) is 30.7 Å². The summed E-state index contributed by atoms with van der Waals surface area (Å²) in [5, 5.41) is 23.6. The van der Waals surface area contributed by atoms with E-state index in [1.54, 1.807) is 0 Å². The highest BCUT2D eigenvalue weighted by atomic mass is 32.1. The van der Waals surface area contributed by atoms with Gasteiger partial charge in [-0.15, -0.1) is 0 Å². The molecular formula is C17H28N3O8PS. The molecule has 11 nitrogen and oxygen atoms in total. The lowest BCUT2D eigenvalue weighted by Gasteiger charge is -2.27. The van der Waals surface area contributed by atoms with E-state index in [-0.39, 0.29) is 18.0 Å². The van der Waals surface area contributed by atoms with Gasteiger partial charge in [-0.05, 0) is 32.5 Å². The zero-order chi connectivity index (χ0) is 22.5. The number of nitrogens with zero attached hydrogens (tertiary/aromatic N) is 1. The molecule has 2 unspecified atom stereocenters. The molecule has 0 radical (unpaired) electrons. The average Bonchev–Trinajstić information content (AvgIpc) is 2.90. The maximum absolute atomic E-state index is 12.1. The predicted molar refractivity (Wildman–Crippen MR) is 110 cm³/mol. The van der Waals surface area contributed by atoms with Crippen LogP contribution >= 0.6 is 20.4 Å². The van der Waals surface area contributed by atoms with Crippen LogP contribution in [0, 0.1) is 4.77 Å². The van der Waals surface area contributed by atoms with Gasteiger partial charge in [-0.3, -0.25) is 23.7 Å². The Morgan fingerprint density at radius 2 is 2.27 bits per heavy atom. The highest BCUT2D eigenvalue weighted by molar-refractivity contribution is 7.71. The van der Waals surface area contributed by atoms with Gasteiger partial charge in [0, 0.05) is 12.3 Å². The van der Waals surface area contributed by atoms with Gasteiger partial charge in [-0.1, -0.05) is 13.3 Å². The molecule has 2 rings (SSSR count). The summed E-state index contributed by atoms with van der Waals surface area (Å²) < 4.78 is 29.4. The van der Waals surface area contributed by atoms with Crippen LogP contribution in [0.15, 0.2) is 17.1 Å². The number of aliphatic hydroxyl groups excluding tert-OH is 1. The number of aromatic amines is 1. The summed E-state index contributed by atoms with van der Waals surface area (Å²) in [7, 11) is -2.85. The summed E-state index contributed by atoms with van der Waals surface area (Å²) in [5.41, 5.74) is -2.18. The second-order valence-corrected chi connectivity index (χ2v) is 8.74. The molecule has 1 fully saturated rings. The minimum Gasteiger partial charge on any atom is -0.465 e. The third kappa shape index (κ3) is 6.07. The zero-order valence-electron chi connectivity index (χ0n) is 17.0. The number of hydrogen-bond acceptors (Lipinski definition) is 9. The van der Waals surface area contributed by atoms with Crippen LogP contribution in [0.1, 0.15) is 39.8 Å². The van der Waals surface area contributed by atoms with Crippen LogP contribution in [0.2, 0.25) is 0 Å². The first-order valence-corrected chi connectivity index (χ1v) is 11.3. The number of carbonyl (C=O) groups excluding carboxylic acids is 1. The number of hydrogen-bond donors (Lipinski definition) is 4. The molecule has 13 heteroatoms. The van der Waals surface area contributed by atoms with E-state index in [2.05, 4.69) is 10.1 Å². The van der Waals surface area contributed by atoms with E-state index >= 15 is 0 Å². The highest BCUT2D eigenvalue weighted by Crippen LogP contribution is 2.39. The van der Waals surface area contributed by atoms with Crippen molar-refractivity contribution in [3.63, 3.8) is 0 Å². The van der Waals surface area contributed by atoms with E-state index < -0.39 is 49.8 Å². The molecule has 170 valence electrons. The van der Waals surface area contributed by atoms with Gasteiger partial charge in [-0.25, -0.2) is 5.09 Å². The van der Waals surface area contributed by atoms with Gasteiger partial charge in [-0.2, -0.15) is 0 Å². The van der Waals surface area contributed by atoms with Gasteiger partial charge < -0.3 is 24.2 Å². The van der Waals surface area contributed by atoms with Crippen molar-refractivity contribution in [3.8, 4) is 0 Å². The van der Waals surface area contributed by atoms with Crippen LogP contribution in [0.25, 0.3) is 0 Å². The second-order valence-electron chi connectivity index (χ2n) is 7.20. The van der Waals surface area contributed by atoms with E-state index in [0.29, 0.717) is 0 Å². The van der Waals surface area contributed by atoms with E-state index in [9.17, 15) is 24.4 Å². The molecule has 0 aromatic carbocycles. The molecule has 0 saturated carbocycles. The normalized spacial score (nSPS) is 28.2. The van der Waals surface area contributed by atoms with Gasteiger partial charge in [0.1, 0.15) is 23.9 Å². The number of carbonyl (C=O) groups is 1. The number of nitrogens with one attached hydrogen (secondary N) is 2. The maximum Gasteiger partial charge on any atom is 0.323 e. The molecule has 4 N–H and O–H groups in total. The summed E-state index contributed by atoms with van der Waals surface area (Å²) >= 11 is 5.08. The minimum absolute atomic E-state index is 0.00666. The summed E-state index contributed by atoms with van der Waals surface area (Å²) in [6.45, 7) is 4.79. The predicted octanol–water partition coefficient (Wildman–Crippen LogP) is 0.643. The number of H-pyrrole nitrogens is 1. The van der Waals surface area contributed by atoms with Crippen molar-refractivity contribution in [3.05, 3.63) is 27.4 Å². The fraction of sp³-hybridized carbons (Fsp3) is 0.706. The molecule has 0 spiro atoms. The monoisotopic (exact) mass is 465 g/mol. The van der Waals surface area contributed by atoms with Crippen molar-refractivity contribution in [2.75, 3.05) is 13.2 Å². The Hall–Kier alpha value is -1.40. The molecule has 30 heavy (non-hydrogen) atoms. The summed E-state index contributed by atoms with van der Waals surface area (Å²) in [6, 6.07) is 0.368. The Kier molecular flexibility index (Phi) is 8.92. The van der Waals surface area contributed by atoms with Crippen molar-refractivity contribution in [2.24, 2.45) is 0 Å². The van der Waals surface area contributed by atoms with Crippen molar-refractivity contribution >= 4 is 26.4 Å². The SMILES string of the molecule is CCCCOC(=O)[C@H](C)N[PH](=O)OC[C@H]1O[C@@H](n2ccc(=O)[nH]c2=S)[C@](C)(O)C1O. The van der Waals surface area contributed by atoms with Crippen LogP contribution in [0.5, 0.6) is 0 Å². The van der Waals surface area contributed by atoms with Crippen molar-refractivity contribution in [1.82, 2.24) is 14.6 Å². The van der Waals surface area contributed by atoms with Gasteiger partial charge >= 0.3 is 5.97 Å². The third-order valence-electron chi connectivity index (χ3n) is 4.67. The lowest BCUT2D eigenvalue weighted by atomic mass is 9.96.